The fourth-order valence-electron chi connectivity index (χ4n) is 6.37. The van der Waals surface area contributed by atoms with Gasteiger partial charge in [-0.1, -0.05) is 6.07 Å². The number of anilines is 2. The third-order valence-electron chi connectivity index (χ3n) is 8.79. The lowest BCUT2D eigenvalue weighted by Gasteiger charge is -2.33. The van der Waals surface area contributed by atoms with E-state index in [2.05, 4.69) is 59.2 Å². The van der Waals surface area contributed by atoms with Crippen molar-refractivity contribution in [2.24, 2.45) is 0 Å². The van der Waals surface area contributed by atoms with Crippen LogP contribution in [0.25, 0.3) is 21.1 Å². The van der Waals surface area contributed by atoms with E-state index in [1.807, 2.05) is 10.4 Å². The predicted molar refractivity (Wildman–Crippen MR) is 177 cm³/mol. The van der Waals surface area contributed by atoms with Crippen LogP contribution < -0.4 is 10.6 Å². The SMILES string of the molecule is CNc1nc(NC2CCN(Cc3ccc4c(c3)cc(C#N)n4CCN3CCN([S+](C)[O-])CC3)CC2)c2cc(CC(F)(F)F)sc2n1. The van der Waals surface area contributed by atoms with Crippen molar-refractivity contribution in [1.29, 1.82) is 5.26 Å². The summed E-state index contributed by atoms with van der Waals surface area (Å²) in [5.41, 5.74) is 2.90. The van der Waals surface area contributed by atoms with Crippen LogP contribution in [0.4, 0.5) is 24.9 Å². The van der Waals surface area contributed by atoms with Gasteiger partial charge in [0.2, 0.25) is 5.95 Å². The second-order valence-corrected chi connectivity index (χ2v) is 14.4. The van der Waals surface area contributed by atoms with E-state index in [0.29, 0.717) is 27.7 Å². The number of fused-ring (bicyclic) bond motifs is 2. The van der Waals surface area contributed by atoms with Crippen molar-refractivity contribution < 1.29 is 17.7 Å². The lowest BCUT2D eigenvalue weighted by atomic mass is 10.0. The van der Waals surface area contributed by atoms with Crippen molar-refractivity contribution in [1.82, 2.24) is 28.6 Å². The molecule has 246 valence electrons. The van der Waals surface area contributed by atoms with Crippen LogP contribution >= 0.6 is 11.3 Å². The van der Waals surface area contributed by atoms with E-state index in [4.69, 9.17) is 0 Å². The van der Waals surface area contributed by atoms with Gasteiger partial charge >= 0.3 is 6.18 Å². The first-order valence-electron chi connectivity index (χ1n) is 15.5. The Morgan fingerprint density at radius 1 is 1.04 bits per heavy atom. The number of rotatable bonds is 10. The molecule has 3 aromatic heterocycles. The number of nitriles is 1. The molecular formula is C31H38F3N9OS2. The zero-order valence-corrected chi connectivity index (χ0v) is 27.6. The number of nitrogens with one attached hydrogen (secondary N) is 2. The van der Waals surface area contributed by atoms with Gasteiger partial charge in [-0.3, -0.25) is 9.80 Å². The number of thiophene rings is 1. The van der Waals surface area contributed by atoms with Gasteiger partial charge in [-0.25, -0.2) is 4.98 Å². The molecule has 4 aromatic rings. The Hall–Kier alpha value is -3.13. The minimum absolute atomic E-state index is 0.145. The van der Waals surface area contributed by atoms with Gasteiger partial charge in [0.05, 0.1) is 24.9 Å². The standard InChI is InChI=1S/C31H38F3N9OS2/c1-36-30-38-28(26-17-25(18-31(32,33)34)45-29(26)39-30)37-23-5-7-41(8-6-23)20-21-3-4-27-22(15-21)16-24(19-35)43(27)14-11-40-9-12-42(13-10-40)46(2)44/h3-4,15-17,23H,5-14,18,20H2,1-2H3,(H2,36,37,38,39). The normalized spacial score (nSPS) is 18.3. The van der Waals surface area contributed by atoms with Crippen molar-refractivity contribution in [2.45, 2.75) is 44.6 Å². The fourth-order valence-corrected chi connectivity index (χ4v) is 8.10. The Labute approximate surface area is 273 Å². The second kappa shape index (κ2) is 13.9. The number of halogens is 3. The maximum absolute atomic E-state index is 13.0. The molecule has 1 unspecified atom stereocenters. The number of benzene rings is 1. The first-order chi connectivity index (χ1) is 22.1. The van der Waals surface area contributed by atoms with Crippen molar-refractivity contribution in [3.63, 3.8) is 0 Å². The van der Waals surface area contributed by atoms with Crippen molar-refractivity contribution in [3.05, 3.63) is 46.5 Å². The highest BCUT2D eigenvalue weighted by Crippen LogP contribution is 2.34. The summed E-state index contributed by atoms with van der Waals surface area (Å²) in [7, 11) is 1.70. The molecule has 6 rings (SSSR count). The molecular weight excluding hydrogens is 636 g/mol. The van der Waals surface area contributed by atoms with E-state index in [1.54, 1.807) is 19.4 Å². The predicted octanol–water partition coefficient (Wildman–Crippen LogP) is 4.65. The molecule has 1 atom stereocenters. The summed E-state index contributed by atoms with van der Waals surface area (Å²) in [6, 6.07) is 12.5. The molecule has 0 amide bonds. The van der Waals surface area contributed by atoms with Crippen molar-refractivity contribution in [3.8, 4) is 6.07 Å². The van der Waals surface area contributed by atoms with Crippen LogP contribution in [0.1, 0.15) is 29.0 Å². The van der Waals surface area contributed by atoms with E-state index in [-0.39, 0.29) is 10.9 Å². The molecule has 0 aliphatic carbocycles. The monoisotopic (exact) mass is 673 g/mol. The molecule has 2 aliphatic heterocycles. The molecule has 0 spiro atoms. The van der Waals surface area contributed by atoms with E-state index in [9.17, 15) is 23.0 Å². The molecule has 2 N–H and O–H groups in total. The molecule has 2 fully saturated rings. The summed E-state index contributed by atoms with van der Waals surface area (Å²) >= 11 is 0.123. The maximum atomic E-state index is 13.0. The number of hydrogen-bond donors (Lipinski definition) is 2. The second-order valence-electron chi connectivity index (χ2n) is 11.9. The summed E-state index contributed by atoms with van der Waals surface area (Å²) < 4.78 is 54.9. The third kappa shape index (κ3) is 7.70. The maximum Gasteiger partial charge on any atom is 0.393 e. The lowest BCUT2D eigenvalue weighted by Crippen LogP contribution is -2.48. The van der Waals surface area contributed by atoms with Gasteiger partial charge in [0, 0.05) is 86.0 Å². The number of piperazine rings is 1. The molecule has 2 aliphatic rings. The Morgan fingerprint density at radius 3 is 2.48 bits per heavy atom. The molecule has 0 bridgehead atoms. The minimum Gasteiger partial charge on any atom is -0.598 e. The van der Waals surface area contributed by atoms with Crippen LogP contribution in [0, 0.1) is 11.3 Å². The highest BCUT2D eigenvalue weighted by Gasteiger charge is 2.30. The summed E-state index contributed by atoms with van der Waals surface area (Å²) in [6.45, 7) is 7.43. The molecule has 46 heavy (non-hydrogen) atoms. The van der Waals surface area contributed by atoms with Crippen LogP contribution in [-0.2, 0) is 30.9 Å². The first kappa shape index (κ1) is 32.8. The minimum atomic E-state index is -4.28. The van der Waals surface area contributed by atoms with Gasteiger partial charge in [0.15, 0.2) is 0 Å². The van der Waals surface area contributed by atoms with E-state index >= 15 is 0 Å². The third-order valence-corrected chi connectivity index (χ3v) is 10.9. The highest BCUT2D eigenvalue weighted by atomic mass is 32.2. The molecule has 5 heterocycles. The summed E-state index contributed by atoms with van der Waals surface area (Å²) in [5, 5.41) is 18.0. The van der Waals surface area contributed by atoms with Crippen LogP contribution in [-0.4, -0.2) is 105 Å². The van der Waals surface area contributed by atoms with Crippen LogP contribution in [0.5, 0.6) is 0 Å². The molecule has 0 radical (unpaired) electrons. The average molecular weight is 674 g/mol. The van der Waals surface area contributed by atoms with E-state index in [0.717, 1.165) is 94.0 Å². The van der Waals surface area contributed by atoms with Crippen LogP contribution in [0.2, 0.25) is 0 Å². The molecule has 2 saturated heterocycles. The van der Waals surface area contributed by atoms with Gasteiger partial charge < -0.3 is 19.8 Å². The highest BCUT2D eigenvalue weighted by molar-refractivity contribution is 7.88. The topological polar surface area (TPSA) is 111 Å². The Kier molecular flexibility index (Phi) is 9.93. The average Bonchev–Trinajstić information content (AvgIpc) is 3.60. The first-order valence-corrected chi connectivity index (χ1v) is 17.8. The summed E-state index contributed by atoms with van der Waals surface area (Å²) in [6.07, 6.45) is -1.78. The summed E-state index contributed by atoms with van der Waals surface area (Å²) in [5.74, 6) is 0.950. The van der Waals surface area contributed by atoms with E-state index in [1.165, 1.54) is 5.56 Å². The Bertz CT molecular complexity index is 1700. The number of alkyl halides is 3. The van der Waals surface area contributed by atoms with Crippen molar-refractivity contribution in [2.75, 3.05) is 69.8 Å². The lowest BCUT2D eigenvalue weighted by molar-refractivity contribution is -0.126. The van der Waals surface area contributed by atoms with Gasteiger partial charge in [-0.05, 0) is 42.7 Å². The van der Waals surface area contributed by atoms with Gasteiger partial charge in [0.1, 0.15) is 28.7 Å². The number of piperidine rings is 1. The quantitative estimate of drug-likeness (QED) is 0.233. The Balaban J connectivity index is 1.06. The fraction of sp³-hybridized carbons (Fsp3) is 0.516. The number of hydrogen-bond acceptors (Lipinski definition) is 10. The van der Waals surface area contributed by atoms with Gasteiger partial charge in [0.25, 0.3) is 0 Å². The number of likely N-dealkylation sites (tertiary alicyclic amines) is 1. The summed E-state index contributed by atoms with van der Waals surface area (Å²) in [4.78, 5) is 14.5. The molecule has 1 aromatic carbocycles. The van der Waals surface area contributed by atoms with Crippen LogP contribution in [0.15, 0.2) is 30.3 Å². The molecule has 10 nitrogen and oxygen atoms in total. The largest absolute Gasteiger partial charge is 0.598 e. The zero-order chi connectivity index (χ0) is 32.4. The Morgan fingerprint density at radius 2 is 1.80 bits per heavy atom. The number of aromatic nitrogens is 3. The molecule has 0 saturated carbocycles. The smallest absolute Gasteiger partial charge is 0.393 e. The zero-order valence-electron chi connectivity index (χ0n) is 25.9. The van der Waals surface area contributed by atoms with Crippen LogP contribution in [0.3, 0.4) is 0 Å². The van der Waals surface area contributed by atoms with Crippen molar-refractivity contribution >= 4 is 55.6 Å². The van der Waals surface area contributed by atoms with E-state index < -0.39 is 24.0 Å². The van der Waals surface area contributed by atoms with Gasteiger partial charge in [-0.15, -0.1) is 15.6 Å². The number of nitrogens with zero attached hydrogens (tertiary/aromatic N) is 7. The molecule has 15 heteroatoms. The van der Waals surface area contributed by atoms with Gasteiger partial charge in [-0.2, -0.15) is 23.4 Å².